The third-order valence-corrected chi connectivity index (χ3v) is 1.65. The Hall–Kier alpha value is -0.570. The largest absolute Gasteiger partial charge is 0.624 e. The molecule has 1 rings (SSSR count). The van der Waals surface area contributed by atoms with E-state index in [0.717, 1.165) is 4.74 Å². The predicted molar refractivity (Wildman–Crippen MR) is 39.0 cm³/mol. The van der Waals surface area contributed by atoms with Crippen LogP contribution in [0.5, 0.6) is 0 Å². The summed E-state index contributed by atoms with van der Waals surface area (Å²) in [4.78, 5) is 0. The van der Waals surface area contributed by atoms with Gasteiger partial charge < -0.3 is 10.3 Å². The summed E-state index contributed by atoms with van der Waals surface area (Å²) in [5.41, 5.74) is -0.139. The summed E-state index contributed by atoms with van der Waals surface area (Å²) in [5.74, 6) is 0. The predicted octanol–water partition coefficient (Wildman–Crippen LogP) is 0.358. The third kappa shape index (κ3) is 1.70. The van der Waals surface area contributed by atoms with Gasteiger partial charge in [0.05, 0.1) is 0 Å². The Morgan fingerprint density at radius 3 is 2.70 bits per heavy atom. The van der Waals surface area contributed by atoms with Gasteiger partial charge in [-0.05, 0) is 6.42 Å². The van der Waals surface area contributed by atoms with Gasteiger partial charge in [0.25, 0.3) is 0 Å². The van der Waals surface area contributed by atoms with E-state index in [9.17, 15) is 5.21 Å². The summed E-state index contributed by atoms with van der Waals surface area (Å²) >= 11 is 0. The van der Waals surface area contributed by atoms with E-state index in [2.05, 4.69) is 0 Å². The van der Waals surface area contributed by atoms with Crippen molar-refractivity contribution in [2.45, 2.75) is 26.4 Å². The molecule has 0 saturated carbocycles. The van der Waals surface area contributed by atoms with Crippen LogP contribution in [0.2, 0.25) is 0 Å². The molecule has 0 aromatic carbocycles. The Morgan fingerprint density at radius 2 is 2.30 bits per heavy atom. The van der Waals surface area contributed by atoms with Crippen LogP contribution in [0.4, 0.5) is 0 Å². The van der Waals surface area contributed by atoms with Gasteiger partial charge >= 0.3 is 0 Å². The first-order valence-corrected chi connectivity index (χ1v) is 3.47. The molecule has 0 aliphatic carbocycles. The van der Waals surface area contributed by atoms with E-state index in [1.54, 1.807) is 6.21 Å². The van der Waals surface area contributed by atoms with Gasteiger partial charge in [-0.3, -0.25) is 0 Å². The maximum Gasteiger partial charge on any atom is 0.178 e. The van der Waals surface area contributed by atoms with Crippen LogP contribution < -0.4 is 0 Å². The van der Waals surface area contributed by atoms with Crippen molar-refractivity contribution in [3.63, 3.8) is 0 Å². The van der Waals surface area contributed by atoms with Gasteiger partial charge in [-0.2, -0.15) is 0 Å². The zero-order valence-electron chi connectivity index (χ0n) is 6.37. The van der Waals surface area contributed by atoms with Crippen LogP contribution in [0.25, 0.3) is 0 Å². The minimum Gasteiger partial charge on any atom is -0.624 e. The Kier molecular flexibility index (Phi) is 1.68. The van der Waals surface area contributed by atoms with E-state index in [0.29, 0.717) is 6.42 Å². The molecule has 1 heterocycles. The molecule has 0 fully saturated rings. The fourth-order valence-corrected chi connectivity index (χ4v) is 1.37. The summed E-state index contributed by atoms with van der Waals surface area (Å²) in [6, 6.07) is 0. The number of hydrogen-bond donors (Lipinski definition) is 1. The van der Waals surface area contributed by atoms with Gasteiger partial charge in [0.1, 0.15) is 6.10 Å². The number of aliphatic hydroxyl groups excluding tert-OH is 1. The fraction of sp³-hybridized carbons (Fsp3) is 0.857. The van der Waals surface area contributed by atoms with Crippen LogP contribution in [-0.2, 0) is 0 Å². The monoisotopic (exact) mass is 143 g/mol. The second-order valence-electron chi connectivity index (χ2n) is 3.58. The molecule has 58 valence electrons. The normalized spacial score (nSPS) is 31.5. The van der Waals surface area contributed by atoms with Crippen molar-refractivity contribution in [2.75, 3.05) is 6.54 Å². The zero-order chi connectivity index (χ0) is 7.78. The van der Waals surface area contributed by atoms with Crippen molar-refractivity contribution in [3.05, 3.63) is 5.21 Å². The van der Waals surface area contributed by atoms with Crippen LogP contribution in [0.1, 0.15) is 20.3 Å². The lowest BCUT2D eigenvalue weighted by Crippen LogP contribution is -2.36. The lowest BCUT2D eigenvalue weighted by Gasteiger charge is -2.26. The molecule has 0 amide bonds. The molecule has 1 aliphatic rings. The molecule has 1 atom stereocenters. The molecule has 0 aromatic heterocycles. The molecular weight excluding hydrogens is 130 g/mol. The Morgan fingerprint density at radius 1 is 1.70 bits per heavy atom. The highest BCUT2D eigenvalue weighted by Crippen LogP contribution is 2.22. The van der Waals surface area contributed by atoms with Gasteiger partial charge in [0.15, 0.2) is 12.8 Å². The smallest absolute Gasteiger partial charge is 0.178 e. The first kappa shape index (κ1) is 7.54. The Labute approximate surface area is 60.6 Å². The highest BCUT2D eigenvalue weighted by atomic mass is 16.5. The summed E-state index contributed by atoms with van der Waals surface area (Å²) in [6.45, 7) is 4.12. The second kappa shape index (κ2) is 2.23. The fourth-order valence-electron chi connectivity index (χ4n) is 1.37. The first-order chi connectivity index (χ1) is 4.49. The Balaban J connectivity index is 2.74. The molecule has 10 heavy (non-hydrogen) atoms. The van der Waals surface area contributed by atoms with Crippen LogP contribution in [0.15, 0.2) is 0 Å². The maximum atomic E-state index is 10.8. The van der Waals surface area contributed by atoms with E-state index in [1.807, 2.05) is 13.8 Å². The number of rotatable bonds is 0. The van der Waals surface area contributed by atoms with Crippen molar-refractivity contribution < 1.29 is 9.85 Å². The molecule has 1 aliphatic heterocycles. The summed E-state index contributed by atoms with van der Waals surface area (Å²) in [7, 11) is 0. The van der Waals surface area contributed by atoms with E-state index in [4.69, 9.17) is 5.11 Å². The average molecular weight is 143 g/mol. The number of hydrogen-bond acceptors (Lipinski definition) is 2. The standard InChI is InChI=1S/C7H13NO2/c1-7(2)3-6(9)4-8(10)5-7/h5-6,9H,3-4H2,1-2H3. The molecule has 1 N–H and O–H groups in total. The molecule has 1 unspecified atom stereocenters. The van der Waals surface area contributed by atoms with Crippen molar-refractivity contribution in [1.82, 2.24) is 0 Å². The number of aliphatic hydroxyl groups is 1. The molecule has 3 nitrogen and oxygen atoms in total. The summed E-state index contributed by atoms with van der Waals surface area (Å²) in [5, 5.41) is 19.9. The molecule has 0 radical (unpaired) electrons. The van der Waals surface area contributed by atoms with Crippen LogP contribution >= 0.6 is 0 Å². The molecule has 0 aromatic rings. The average Bonchev–Trinajstić information content (AvgIpc) is 1.54. The molecule has 0 bridgehead atoms. The van der Waals surface area contributed by atoms with Crippen molar-refractivity contribution in [2.24, 2.45) is 5.41 Å². The highest BCUT2D eigenvalue weighted by Gasteiger charge is 2.29. The lowest BCUT2D eigenvalue weighted by molar-refractivity contribution is -0.475. The Bertz CT molecular complexity index is 163. The number of nitrogens with zero attached hydrogens (tertiary/aromatic N) is 1. The number of hydroxylamine groups is 1. The van der Waals surface area contributed by atoms with Gasteiger partial charge in [-0.1, -0.05) is 13.8 Å². The molecule has 0 spiro atoms. The van der Waals surface area contributed by atoms with Crippen molar-refractivity contribution in [1.29, 1.82) is 0 Å². The topological polar surface area (TPSA) is 46.3 Å². The molecule has 3 heteroatoms. The van der Waals surface area contributed by atoms with E-state index >= 15 is 0 Å². The minimum atomic E-state index is -0.461. The first-order valence-electron chi connectivity index (χ1n) is 3.47. The van der Waals surface area contributed by atoms with Crippen molar-refractivity contribution in [3.8, 4) is 0 Å². The molecule has 0 saturated heterocycles. The quantitative estimate of drug-likeness (QED) is 0.393. The second-order valence-corrected chi connectivity index (χ2v) is 3.58. The van der Waals surface area contributed by atoms with Gasteiger partial charge in [0, 0.05) is 5.41 Å². The van der Waals surface area contributed by atoms with E-state index < -0.39 is 6.10 Å². The summed E-state index contributed by atoms with van der Waals surface area (Å²) in [6.07, 6.45) is 1.85. The SMILES string of the molecule is CC1(C)C=[N+]([O-])CC(O)C1. The maximum absolute atomic E-state index is 10.8. The summed E-state index contributed by atoms with van der Waals surface area (Å²) < 4.78 is 0.814. The van der Waals surface area contributed by atoms with Gasteiger partial charge in [-0.25, -0.2) is 4.74 Å². The third-order valence-electron chi connectivity index (χ3n) is 1.65. The van der Waals surface area contributed by atoms with Gasteiger partial charge in [-0.15, -0.1) is 0 Å². The zero-order valence-corrected chi connectivity index (χ0v) is 6.37. The van der Waals surface area contributed by atoms with Crippen LogP contribution in [-0.4, -0.2) is 28.7 Å². The molecular formula is C7H13NO2. The lowest BCUT2D eigenvalue weighted by atomic mass is 9.86. The van der Waals surface area contributed by atoms with Crippen LogP contribution in [0.3, 0.4) is 0 Å². The van der Waals surface area contributed by atoms with Crippen LogP contribution in [0, 0.1) is 10.6 Å². The van der Waals surface area contributed by atoms with Gasteiger partial charge in [0.2, 0.25) is 0 Å². The highest BCUT2D eigenvalue weighted by molar-refractivity contribution is 5.60. The minimum absolute atomic E-state index is 0.139. The van der Waals surface area contributed by atoms with E-state index in [1.165, 1.54) is 0 Å². The van der Waals surface area contributed by atoms with E-state index in [-0.39, 0.29) is 12.0 Å². The number of β-amino-alcohol motifs (C(OH)–C–C–N with tert-alkyl or cyclic N) is 1. The van der Waals surface area contributed by atoms with Crippen molar-refractivity contribution >= 4 is 6.21 Å².